The summed E-state index contributed by atoms with van der Waals surface area (Å²) >= 11 is 0. The van der Waals surface area contributed by atoms with E-state index in [2.05, 4.69) is 0 Å². The van der Waals surface area contributed by atoms with Crippen LogP contribution in [0, 0.1) is 11.3 Å². The minimum atomic E-state index is -10.7. The van der Waals surface area contributed by atoms with Crippen molar-refractivity contribution >= 4 is 17.9 Å². The Kier molecular flexibility index (Phi) is 6.86. The van der Waals surface area contributed by atoms with Crippen LogP contribution >= 0.6 is 7.81 Å². The van der Waals surface area contributed by atoms with Gasteiger partial charge in [0.15, 0.2) is 0 Å². The molecular formula is C16H15F8N2OPS. The number of halogens is 8. The van der Waals surface area contributed by atoms with Gasteiger partial charge in [0.05, 0.1) is 6.54 Å². The third-order valence-corrected chi connectivity index (χ3v) is 5.80. The van der Waals surface area contributed by atoms with Crippen LogP contribution in [0.2, 0.25) is 0 Å². The molecule has 0 saturated carbocycles. The molecule has 1 atom stereocenters. The second-order valence-electron chi connectivity index (χ2n) is 5.67. The summed E-state index contributed by atoms with van der Waals surface area (Å²) in [5, 5.41) is 9.10. The topological polar surface area (TPSA) is 44.1 Å². The first-order valence-corrected chi connectivity index (χ1v) is 11.2. The number of benzene rings is 2. The Morgan fingerprint density at radius 1 is 0.966 bits per heavy atom. The summed E-state index contributed by atoms with van der Waals surface area (Å²) in [6.45, 7) is 0.101. The van der Waals surface area contributed by atoms with Crippen molar-refractivity contribution in [1.29, 1.82) is 5.26 Å². The van der Waals surface area contributed by atoms with Gasteiger partial charge in [-0.3, -0.25) is 0 Å². The average Bonchev–Trinajstić information content (AvgIpc) is 2.58. The van der Waals surface area contributed by atoms with Crippen molar-refractivity contribution in [2.75, 3.05) is 7.05 Å². The number of rotatable bonds is 5. The number of nitriles is 1. The van der Waals surface area contributed by atoms with Crippen molar-refractivity contribution in [1.82, 2.24) is 4.31 Å². The predicted molar refractivity (Wildman–Crippen MR) is 95.0 cm³/mol. The maximum atomic E-state index is 13.6. The molecule has 0 aromatic heterocycles. The Bertz CT molecular complexity index is 918. The van der Waals surface area contributed by atoms with Crippen molar-refractivity contribution in [3.8, 4) is 6.07 Å². The molecule has 0 bridgehead atoms. The first-order chi connectivity index (χ1) is 12.9. The molecule has 0 saturated heterocycles. The fourth-order valence-electron chi connectivity index (χ4n) is 2.15. The number of nitrogens with zero attached hydrogens (tertiary/aromatic N) is 2. The van der Waals surface area contributed by atoms with E-state index < -0.39 is 23.7 Å². The van der Waals surface area contributed by atoms with Crippen LogP contribution in [-0.4, -0.2) is 17.1 Å². The van der Waals surface area contributed by atoms with Crippen molar-refractivity contribution in [2.24, 2.45) is 0 Å². The predicted octanol–water partition coefficient (Wildman–Crippen LogP) is 7.07. The normalized spacial score (nSPS) is 16.1. The van der Waals surface area contributed by atoms with Gasteiger partial charge in [-0.1, -0.05) is 46.7 Å². The third kappa shape index (κ3) is 8.85. The Hall–Kier alpha value is -2.09. The van der Waals surface area contributed by atoms with Gasteiger partial charge in [0.1, 0.15) is 11.6 Å². The Labute approximate surface area is 162 Å². The van der Waals surface area contributed by atoms with Gasteiger partial charge in [-0.05, 0) is 17.7 Å². The van der Waals surface area contributed by atoms with Gasteiger partial charge in [0.2, 0.25) is 4.90 Å². The molecule has 29 heavy (non-hydrogen) atoms. The van der Waals surface area contributed by atoms with Gasteiger partial charge >= 0.3 is 38.7 Å². The Morgan fingerprint density at radius 3 is 1.86 bits per heavy atom. The van der Waals surface area contributed by atoms with Gasteiger partial charge < -0.3 is 0 Å². The fourth-order valence-corrected chi connectivity index (χ4v) is 3.99. The third-order valence-electron chi connectivity index (χ3n) is 3.28. The zero-order valence-corrected chi connectivity index (χ0v) is 16.4. The molecule has 3 nitrogen and oxygen atoms in total. The van der Waals surface area contributed by atoms with E-state index in [4.69, 9.17) is 5.26 Å². The van der Waals surface area contributed by atoms with Gasteiger partial charge in [0.25, 0.3) is 10.1 Å². The minimum absolute atomic E-state index is 0.00714. The molecule has 2 aromatic rings. The van der Waals surface area contributed by atoms with Crippen molar-refractivity contribution in [2.45, 2.75) is 17.2 Å². The summed E-state index contributed by atoms with van der Waals surface area (Å²) in [6.07, 6.45) is 0. The van der Waals surface area contributed by atoms with E-state index in [1.54, 1.807) is 30.3 Å². The van der Waals surface area contributed by atoms with Crippen LogP contribution < -0.4 is 0 Å². The molecule has 1 unspecified atom stereocenters. The summed E-state index contributed by atoms with van der Waals surface area (Å²) in [6, 6.07) is 16.6. The molecule has 2 rings (SSSR count). The quantitative estimate of drug-likeness (QED) is 0.269. The monoisotopic (exact) mass is 466 g/mol. The fraction of sp³-hybridized carbons (Fsp3) is 0.188. The molecule has 0 fully saturated rings. The van der Waals surface area contributed by atoms with Crippen LogP contribution in [-0.2, 0) is 20.9 Å². The van der Waals surface area contributed by atoms with Crippen molar-refractivity contribution < 1.29 is 38.2 Å². The first-order valence-electron chi connectivity index (χ1n) is 7.57. The summed E-state index contributed by atoms with van der Waals surface area (Å²) in [4.78, 5) is -0.120. The summed E-state index contributed by atoms with van der Waals surface area (Å²) in [5.41, 5.74) is 0.778. The molecule has 0 aliphatic heterocycles. The summed E-state index contributed by atoms with van der Waals surface area (Å²) in [7, 11) is -13.1. The van der Waals surface area contributed by atoms with Crippen LogP contribution in [0.25, 0.3) is 0 Å². The van der Waals surface area contributed by atoms with Crippen molar-refractivity contribution in [3.05, 3.63) is 65.7 Å². The van der Waals surface area contributed by atoms with Crippen LogP contribution in [0.1, 0.15) is 11.1 Å². The van der Waals surface area contributed by atoms with E-state index in [0.717, 1.165) is 9.87 Å². The molecule has 0 radical (unpaired) electrons. The van der Waals surface area contributed by atoms with E-state index in [1.807, 2.05) is 12.1 Å². The van der Waals surface area contributed by atoms with Crippen molar-refractivity contribution in [3.63, 3.8) is 0 Å². The molecule has 0 aliphatic rings. The Balaban J connectivity index is 0.000000516. The van der Waals surface area contributed by atoms with Crippen LogP contribution in [0.4, 0.5) is 34.0 Å². The van der Waals surface area contributed by atoms with Gasteiger partial charge in [-0.25, -0.2) is 0 Å². The standard InChI is InChI=1S/C16H15F2N2OS.F6P/c1-20(12-13-7-3-2-4-8-13)22(21,16(17)18)15-10-6-5-9-14(15)11-19;1-7(2,3,4,5)6/h2-10,16H,12H2,1H3;/q+1;-1. The second kappa shape index (κ2) is 7.97. The molecule has 0 aliphatic carbocycles. The van der Waals surface area contributed by atoms with E-state index in [0.29, 0.717) is 0 Å². The summed E-state index contributed by atoms with van der Waals surface area (Å²) < 4.78 is 101. The van der Waals surface area contributed by atoms with Crippen LogP contribution in [0.15, 0.2) is 59.5 Å². The summed E-state index contributed by atoms with van der Waals surface area (Å²) in [5.74, 6) is -3.09. The number of alkyl halides is 2. The van der Waals surface area contributed by atoms with Gasteiger partial charge in [-0.15, -0.1) is 4.31 Å². The first kappa shape index (κ1) is 24.9. The SMILES string of the molecule is CN(Cc1ccccc1)[S+](=O)(c1ccccc1C#N)C(F)F.F[P-](F)(F)(F)(F)F. The molecule has 13 heteroatoms. The van der Waals surface area contributed by atoms with Crippen LogP contribution in [0.5, 0.6) is 0 Å². The van der Waals surface area contributed by atoms with Gasteiger partial charge in [-0.2, -0.15) is 14.0 Å². The Morgan fingerprint density at radius 2 is 1.41 bits per heavy atom. The zero-order chi connectivity index (χ0) is 22.6. The molecule has 0 spiro atoms. The van der Waals surface area contributed by atoms with E-state index in [1.165, 1.54) is 25.2 Å². The number of hydrogen-bond acceptors (Lipinski definition) is 2. The molecule has 162 valence electrons. The average molecular weight is 466 g/mol. The molecule has 0 N–H and O–H groups in total. The molecular weight excluding hydrogens is 451 g/mol. The second-order valence-corrected chi connectivity index (χ2v) is 10.1. The van der Waals surface area contributed by atoms with Crippen LogP contribution in [0.3, 0.4) is 0 Å². The maximum absolute atomic E-state index is 13.6. The zero-order valence-electron chi connectivity index (χ0n) is 14.7. The molecule has 0 amide bonds. The molecule has 2 aromatic carbocycles. The molecule has 0 heterocycles. The number of hydrogen-bond donors (Lipinski definition) is 0. The van der Waals surface area contributed by atoms with Gasteiger partial charge in [0, 0.05) is 7.05 Å². The van der Waals surface area contributed by atoms with E-state index >= 15 is 0 Å². The van der Waals surface area contributed by atoms with E-state index in [-0.39, 0.29) is 17.0 Å². The van der Waals surface area contributed by atoms with E-state index in [9.17, 15) is 38.2 Å².